The third-order valence-corrected chi connectivity index (χ3v) is 4.10. The van der Waals surface area contributed by atoms with E-state index in [2.05, 4.69) is 10.6 Å². The van der Waals surface area contributed by atoms with Crippen molar-refractivity contribution in [1.82, 2.24) is 15.5 Å². The summed E-state index contributed by atoms with van der Waals surface area (Å²) < 4.78 is 0. The lowest BCUT2D eigenvalue weighted by Crippen LogP contribution is -2.51. The number of nitrogens with one attached hydrogen (secondary N) is 2. The van der Waals surface area contributed by atoms with Crippen LogP contribution in [0.5, 0.6) is 0 Å². The standard InChI is InChI=1S/C14H26N4O3.ClH/c1-4-9(2)12(15)14(21)17-8-11(19)18-7-5-6-10(18)13(20)16-3;/h9-10,12H,4-8,15H2,1-3H3,(H,16,20)(H,17,21);1H/t9-,10?,12-;/m0./s1. The summed E-state index contributed by atoms with van der Waals surface area (Å²) in [5, 5.41) is 5.12. The minimum Gasteiger partial charge on any atom is -0.357 e. The molecule has 1 fully saturated rings. The Morgan fingerprint density at radius 1 is 1.36 bits per heavy atom. The van der Waals surface area contributed by atoms with Gasteiger partial charge in [0.05, 0.1) is 12.6 Å². The quantitative estimate of drug-likeness (QED) is 0.616. The van der Waals surface area contributed by atoms with Crippen LogP contribution in [0.2, 0.25) is 0 Å². The van der Waals surface area contributed by atoms with Crippen LogP contribution in [0.25, 0.3) is 0 Å². The molecule has 3 atom stereocenters. The van der Waals surface area contributed by atoms with Gasteiger partial charge in [0.15, 0.2) is 0 Å². The molecule has 8 heteroatoms. The average Bonchev–Trinajstić information content (AvgIpc) is 2.99. The van der Waals surface area contributed by atoms with E-state index in [9.17, 15) is 14.4 Å². The van der Waals surface area contributed by atoms with E-state index in [0.29, 0.717) is 13.0 Å². The number of likely N-dealkylation sites (tertiary alicyclic amines) is 1. The van der Waals surface area contributed by atoms with Gasteiger partial charge in [-0.15, -0.1) is 12.4 Å². The Kier molecular flexibility index (Phi) is 9.04. The van der Waals surface area contributed by atoms with Crippen molar-refractivity contribution in [1.29, 1.82) is 0 Å². The van der Waals surface area contributed by atoms with Crippen LogP contribution in [0.15, 0.2) is 0 Å². The van der Waals surface area contributed by atoms with Crippen molar-refractivity contribution >= 4 is 30.1 Å². The van der Waals surface area contributed by atoms with Crippen LogP contribution in [0.3, 0.4) is 0 Å². The lowest BCUT2D eigenvalue weighted by Gasteiger charge is -2.24. The fraction of sp³-hybridized carbons (Fsp3) is 0.786. The second-order valence-corrected chi connectivity index (χ2v) is 5.49. The Labute approximate surface area is 137 Å². The highest BCUT2D eigenvalue weighted by atomic mass is 35.5. The molecular formula is C14H27ClN4O3. The normalized spacial score (nSPS) is 19.8. The van der Waals surface area contributed by atoms with Gasteiger partial charge in [0.1, 0.15) is 6.04 Å². The molecule has 1 aliphatic heterocycles. The van der Waals surface area contributed by atoms with E-state index in [1.54, 1.807) is 7.05 Å². The van der Waals surface area contributed by atoms with Crippen LogP contribution in [0.1, 0.15) is 33.1 Å². The molecule has 1 heterocycles. The number of rotatable bonds is 6. The minimum absolute atomic E-state index is 0. The fourth-order valence-corrected chi connectivity index (χ4v) is 2.40. The number of hydrogen-bond acceptors (Lipinski definition) is 4. The number of nitrogens with two attached hydrogens (primary N) is 1. The summed E-state index contributed by atoms with van der Waals surface area (Å²) in [5.41, 5.74) is 5.81. The average molecular weight is 335 g/mol. The van der Waals surface area contributed by atoms with Gasteiger partial charge in [0.2, 0.25) is 17.7 Å². The summed E-state index contributed by atoms with van der Waals surface area (Å²) in [6.45, 7) is 4.29. The Morgan fingerprint density at radius 2 is 2.00 bits per heavy atom. The second-order valence-electron chi connectivity index (χ2n) is 5.49. The molecule has 128 valence electrons. The van der Waals surface area contributed by atoms with Gasteiger partial charge >= 0.3 is 0 Å². The zero-order chi connectivity index (χ0) is 16.0. The summed E-state index contributed by atoms with van der Waals surface area (Å²) in [5.74, 6) is -0.673. The van der Waals surface area contributed by atoms with Gasteiger partial charge in [-0.1, -0.05) is 20.3 Å². The molecule has 1 aliphatic rings. The van der Waals surface area contributed by atoms with Gasteiger partial charge < -0.3 is 21.3 Å². The monoisotopic (exact) mass is 334 g/mol. The maximum Gasteiger partial charge on any atom is 0.242 e. The zero-order valence-corrected chi connectivity index (χ0v) is 14.2. The summed E-state index contributed by atoms with van der Waals surface area (Å²) in [7, 11) is 1.55. The van der Waals surface area contributed by atoms with Gasteiger partial charge in [0, 0.05) is 13.6 Å². The Balaban J connectivity index is 0.00000441. The smallest absolute Gasteiger partial charge is 0.242 e. The third-order valence-electron chi connectivity index (χ3n) is 4.10. The number of carbonyl (C=O) groups excluding carboxylic acids is 3. The first-order valence-electron chi connectivity index (χ1n) is 7.46. The van der Waals surface area contributed by atoms with Crippen LogP contribution in [-0.2, 0) is 14.4 Å². The lowest BCUT2D eigenvalue weighted by atomic mass is 9.99. The number of hydrogen-bond donors (Lipinski definition) is 3. The highest BCUT2D eigenvalue weighted by Crippen LogP contribution is 2.17. The predicted molar refractivity (Wildman–Crippen MR) is 86.5 cm³/mol. The maximum atomic E-state index is 12.1. The number of likely N-dealkylation sites (N-methyl/N-ethyl adjacent to an activating group) is 1. The number of halogens is 1. The van der Waals surface area contributed by atoms with Gasteiger partial charge in [-0.3, -0.25) is 14.4 Å². The molecular weight excluding hydrogens is 308 g/mol. The molecule has 0 aromatic carbocycles. The molecule has 1 saturated heterocycles. The second kappa shape index (κ2) is 9.63. The van der Waals surface area contributed by atoms with Gasteiger partial charge in [-0.05, 0) is 18.8 Å². The molecule has 0 spiro atoms. The Morgan fingerprint density at radius 3 is 2.55 bits per heavy atom. The minimum atomic E-state index is -0.615. The molecule has 0 radical (unpaired) electrons. The summed E-state index contributed by atoms with van der Waals surface area (Å²) in [4.78, 5) is 37.2. The first kappa shape index (κ1) is 20.7. The van der Waals surface area contributed by atoms with Crippen molar-refractivity contribution < 1.29 is 14.4 Å². The molecule has 0 saturated carbocycles. The summed E-state index contributed by atoms with van der Waals surface area (Å²) in [6.07, 6.45) is 2.25. The van der Waals surface area contributed by atoms with Crippen molar-refractivity contribution in [2.24, 2.45) is 11.7 Å². The topological polar surface area (TPSA) is 105 Å². The van der Waals surface area contributed by atoms with Crippen molar-refractivity contribution in [2.45, 2.75) is 45.2 Å². The largest absolute Gasteiger partial charge is 0.357 e. The number of carbonyl (C=O) groups is 3. The van der Waals surface area contributed by atoms with Crippen molar-refractivity contribution in [3.63, 3.8) is 0 Å². The van der Waals surface area contributed by atoms with Crippen molar-refractivity contribution in [3.05, 3.63) is 0 Å². The molecule has 7 nitrogen and oxygen atoms in total. The molecule has 4 N–H and O–H groups in total. The van der Waals surface area contributed by atoms with E-state index in [0.717, 1.165) is 12.8 Å². The Hall–Kier alpha value is -1.34. The number of amides is 3. The molecule has 1 rings (SSSR count). The third kappa shape index (κ3) is 5.14. The van der Waals surface area contributed by atoms with E-state index >= 15 is 0 Å². The van der Waals surface area contributed by atoms with Gasteiger partial charge in [-0.25, -0.2) is 0 Å². The molecule has 0 aromatic rings. The maximum absolute atomic E-state index is 12.1. The van der Waals surface area contributed by atoms with Crippen LogP contribution in [0.4, 0.5) is 0 Å². The van der Waals surface area contributed by atoms with E-state index in [4.69, 9.17) is 5.73 Å². The van der Waals surface area contributed by atoms with E-state index < -0.39 is 12.1 Å². The highest BCUT2D eigenvalue weighted by molar-refractivity contribution is 5.91. The van der Waals surface area contributed by atoms with Crippen molar-refractivity contribution in [2.75, 3.05) is 20.1 Å². The van der Waals surface area contributed by atoms with Crippen LogP contribution in [0, 0.1) is 5.92 Å². The molecule has 1 unspecified atom stereocenters. The van der Waals surface area contributed by atoms with Crippen molar-refractivity contribution in [3.8, 4) is 0 Å². The number of nitrogens with zero attached hydrogens (tertiary/aromatic N) is 1. The predicted octanol–water partition coefficient (Wildman–Crippen LogP) is -0.365. The molecule has 22 heavy (non-hydrogen) atoms. The van der Waals surface area contributed by atoms with Crippen LogP contribution < -0.4 is 16.4 Å². The first-order chi connectivity index (χ1) is 9.92. The zero-order valence-electron chi connectivity index (χ0n) is 13.4. The Bertz CT molecular complexity index is 406. The first-order valence-corrected chi connectivity index (χ1v) is 7.46. The fourth-order valence-electron chi connectivity index (χ4n) is 2.40. The summed E-state index contributed by atoms with van der Waals surface area (Å²) >= 11 is 0. The molecule has 3 amide bonds. The van der Waals surface area contributed by atoms with Gasteiger partial charge in [0.25, 0.3) is 0 Å². The lowest BCUT2D eigenvalue weighted by molar-refractivity contribution is -0.138. The van der Waals surface area contributed by atoms with E-state index in [1.807, 2.05) is 13.8 Å². The van der Waals surface area contributed by atoms with E-state index in [-0.39, 0.29) is 42.6 Å². The van der Waals surface area contributed by atoms with Gasteiger partial charge in [-0.2, -0.15) is 0 Å². The SMILES string of the molecule is CC[C@H](C)[C@H](N)C(=O)NCC(=O)N1CCCC1C(=O)NC.Cl. The molecule has 0 aromatic heterocycles. The molecule has 0 aliphatic carbocycles. The van der Waals surface area contributed by atoms with Crippen LogP contribution in [-0.4, -0.2) is 54.8 Å². The highest BCUT2D eigenvalue weighted by Gasteiger charge is 2.33. The summed E-state index contributed by atoms with van der Waals surface area (Å²) in [6, 6.07) is -1.04. The van der Waals surface area contributed by atoms with E-state index in [1.165, 1.54) is 4.90 Å². The van der Waals surface area contributed by atoms with Crippen LogP contribution >= 0.6 is 12.4 Å². The molecule has 0 bridgehead atoms.